The lowest BCUT2D eigenvalue weighted by Gasteiger charge is -1.75. The monoisotopic (exact) mass is 199 g/mol. The number of H-pyrrole nitrogens is 1. The largest absolute Gasteiger partial charge is 0.253 e. The van der Waals surface area contributed by atoms with Gasteiger partial charge in [0.15, 0.2) is 0 Å². The van der Waals surface area contributed by atoms with Crippen LogP contribution in [0.15, 0.2) is 6.33 Å². The Bertz CT molecular complexity index is 231. The van der Waals surface area contributed by atoms with Gasteiger partial charge in [-0.05, 0) is 5.92 Å². The Kier molecular flexibility index (Phi) is 2.97. The number of aromatic nitrogens is 3. The molecule has 1 aromatic rings. The predicted octanol–water partition coefficient (Wildman–Crippen LogP) is 0.941. The number of alkyl halides is 1. The van der Waals surface area contributed by atoms with Crippen LogP contribution in [0.5, 0.6) is 0 Å². The third-order valence-electron chi connectivity index (χ3n) is 0.841. The van der Waals surface area contributed by atoms with Gasteiger partial charge in [-0.3, -0.25) is 5.10 Å². The van der Waals surface area contributed by atoms with E-state index in [1.807, 2.05) is 0 Å². The first-order chi connectivity index (χ1) is 4.93. The van der Waals surface area contributed by atoms with Gasteiger partial charge in [-0.1, -0.05) is 21.9 Å². The molecule has 0 aliphatic carbocycles. The van der Waals surface area contributed by atoms with Crippen LogP contribution in [0.25, 0.3) is 0 Å². The van der Waals surface area contributed by atoms with E-state index in [0.717, 1.165) is 11.8 Å². The Morgan fingerprint density at radius 3 is 3.20 bits per heavy atom. The Labute approximate surface area is 67.4 Å². The van der Waals surface area contributed by atoms with E-state index in [1.165, 1.54) is 6.33 Å². The quantitative estimate of drug-likeness (QED) is 0.541. The van der Waals surface area contributed by atoms with Gasteiger partial charge in [-0.2, -0.15) is 5.10 Å². The van der Waals surface area contributed by atoms with Crippen molar-refractivity contribution >= 4 is 15.9 Å². The van der Waals surface area contributed by atoms with Crippen molar-refractivity contribution < 1.29 is 0 Å². The van der Waals surface area contributed by atoms with Crippen molar-refractivity contribution in [1.82, 2.24) is 15.2 Å². The van der Waals surface area contributed by atoms with Gasteiger partial charge in [-0.15, -0.1) is 0 Å². The maximum Gasteiger partial charge on any atom is 0.200 e. The van der Waals surface area contributed by atoms with E-state index in [1.54, 1.807) is 0 Å². The summed E-state index contributed by atoms with van der Waals surface area (Å²) >= 11 is 3.26. The van der Waals surface area contributed by atoms with Crippen molar-refractivity contribution in [3.05, 3.63) is 12.2 Å². The van der Waals surface area contributed by atoms with Crippen LogP contribution in [0.2, 0.25) is 0 Å². The lowest BCUT2D eigenvalue weighted by Crippen LogP contribution is -1.76. The van der Waals surface area contributed by atoms with Crippen LogP contribution in [-0.2, 0) is 0 Å². The molecule has 1 rings (SSSR count). The van der Waals surface area contributed by atoms with Gasteiger partial charge in [0, 0.05) is 11.8 Å². The normalized spacial score (nSPS) is 8.50. The summed E-state index contributed by atoms with van der Waals surface area (Å²) in [6.07, 6.45) is 2.28. The number of hydrogen-bond donors (Lipinski definition) is 1. The van der Waals surface area contributed by atoms with E-state index in [4.69, 9.17) is 0 Å². The highest BCUT2D eigenvalue weighted by Crippen LogP contribution is 1.85. The summed E-state index contributed by atoms with van der Waals surface area (Å²) in [5.74, 6) is 6.35. The molecule has 0 aliphatic heterocycles. The number of halogens is 1. The molecule has 0 atom stereocenters. The second-order valence-electron chi connectivity index (χ2n) is 1.57. The fourth-order valence-corrected chi connectivity index (χ4v) is 0.657. The highest BCUT2D eigenvalue weighted by molar-refractivity contribution is 9.09. The van der Waals surface area contributed by atoms with Crippen molar-refractivity contribution in [2.45, 2.75) is 6.42 Å². The average Bonchev–Trinajstić information content (AvgIpc) is 2.41. The SMILES string of the molecule is BrCCC#Cc1ncn[nH]1. The number of nitrogens with one attached hydrogen (secondary N) is 1. The van der Waals surface area contributed by atoms with Gasteiger partial charge in [0.25, 0.3) is 0 Å². The molecule has 10 heavy (non-hydrogen) atoms. The summed E-state index contributed by atoms with van der Waals surface area (Å²) in [5, 5.41) is 7.19. The van der Waals surface area contributed by atoms with Crippen LogP contribution in [-0.4, -0.2) is 20.5 Å². The summed E-state index contributed by atoms with van der Waals surface area (Å²) in [6, 6.07) is 0. The van der Waals surface area contributed by atoms with Crippen molar-refractivity contribution in [1.29, 1.82) is 0 Å². The minimum atomic E-state index is 0.626. The molecule has 0 bridgehead atoms. The molecule has 0 aromatic carbocycles. The molecule has 4 heteroatoms. The Balaban J connectivity index is 2.49. The second-order valence-corrected chi connectivity index (χ2v) is 2.37. The molecule has 0 saturated carbocycles. The lowest BCUT2D eigenvalue weighted by atomic mass is 10.4. The van der Waals surface area contributed by atoms with E-state index in [2.05, 4.69) is 43.0 Å². The van der Waals surface area contributed by atoms with Crippen LogP contribution >= 0.6 is 15.9 Å². The van der Waals surface area contributed by atoms with Gasteiger partial charge < -0.3 is 0 Å². The molecular weight excluding hydrogens is 194 g/mol. The number of rotatable bonds is 1. The van der Waals surface area contributed by atoms with Crippen LogP contribution < -0.4 is 0 Å². The van der Waals surface area contributed by atoms with Crippen molar-refractivity contribution in [3.8, 4) is 11.8 Å². The minimum absolute atomic E-state index is 0.626. The van der Waals surface area contributed by atoms with E-state index in [0.29, 0.717) is 5.82 Å². The smallest absolute Gasteiger partial charge is 0.200 e. The Hall–Kier alpha value is -0.820. The first-order valence-electron chi connectivity index (χ1n) is 2.83. The fraction of sp³-hybridized carbons (Fsp3) is 0.333. The second kappa shape index (κ2) is 4.07. The highest BCUT2D eigenvalue weighted by Gasteiger charge is 1.83. The molecule has 1 aromatic heterocycles. The summed E-state index contributed by atoms with van der Waals surface area (Å²) < 4.78 is 0. The molecule has 3 nitrogen and oxygen atoms in total. The van der Waals surface area contributed by atoms with Gasteiger partial charge in [-0.25, -0.2) is 4.98 Å². The van der Waals surface area contributed by atoms with E-state index >= 15 is 0 Å². The standard InChI is InChI=1S/C6H6BrN3/c7-4-2-1-3-6-8-5-9-10-6/h5H,2,4H2,(H,8,9,10). The zero-order chi connectivity index (χ0) is 7.23. The lowest BCUT2D eigenvalue weighted by molar-refractivity contribution is 1.07. The number of hydrogen-bond acceptors (Lipinski definition) is 2. The number of aromatic amines is 1. The summed E-state index contributed by atoms with van der Waals surface area (Å²) in [6.45, 7) is 0. The summed E-state index contributed by atoms with van der Waals surface area (Å²) in [7, 11) is 0. The van der Waals surface area contributed by atoms with Gasteiger partial charge in [0.05, 0.1) is 0 Å². The molecule has 52 valence electrons. The fourth-order valence-electron chi connectivity index (χ4n) is 0.459. The minimum Gasteiger partial charge on any atom is -0.253 e. The molecule has 0 unspecified atom stereocenters. The third-order valence-corrected chi connectivity index (χ3v) is 1.24. The maximum atomic E-state index is 3.83. The molecule has 0 aliphatic rings. The topological polar surface area (TPSA) is 41.6 Å². The van der Waals surface area contributed by atoms with Gasteiger partial charge in [0.1, 0.15) is 6.33 Å². The first-order valence-corrected chi connectivity index (χ1v) is 3.96. The predicted molar refractivity (Wildman–Crippen MR) is 41.7 cm³/mol. The Morgan fingerprint density at radius 1 is 1.70 bits per heavy atom. The van der Waals surface area contributed by atoms with E-state index < -0.39 is 0 Å². The average molecular weight is 200 g/mol. The zero-order valence-corrected chi connectivity index (χ0v) is 6.85. The van der Waals surface area contributed by atoms with Crippen molar-refractivity contribution in [2.24, 2.45) is 0 Å². The van der Waals surface area contributed by atoms with Crippen LogP contribution in [0.1, 0.15) is 12.2 Å². The highest BCUT2D eigenvalue weighted by atomic mass is 79.9. The Morgan fingerprint density at radius 2 is 2.60 bits per heavy atom. The molecule has 0 spiro atoms. The molecule has 0 radical (unpaired) electrons. The molecular formula is C6H6BrN3. The van der Waals surface area contributed by atoms with E-state index in [9.17, 15) is 0 Å². The van der Waals surface area contributed by atoms with Gasteiger partial charge >= 0.3 is 0 Å². The first kappa shape index (κ1) is 7.29. The number of nitrogens with zero attached hydrogens (tertiary/aromatic N) is 2. The van der Waals surface area contributed by atoms with Crippen LogP contribution in [0.4, 0.5) is 0 Å². The van der Waals surface area contributed by atoms with Crippen molar-refractivity contribution in [2.75, 3.05) is 5.33 Å². The van der Waals surface area contributed by atoms with Crippen LogP contribution in [0, 0.1) is 11.8 Å². The molecule has 0 amide bonds. The molecule has 1 heterocycles. The summed E-state index contributed by atoms with van der Waals surface area (Å²) in [5.41, 5.74) is 0. The van der Waals surface area contributed by atoms with Gasteiger partial charge in [0.2, 0.25) is 5.82 Å². The molecule has 0 saturated heterocycles. The molecule has 0 fully saturated rings. The third kappa shape index (κ3) is 2.19. The summed E-state index contributed by atoms with van der Waals surface area (Å²) in [4.78, 5) is 3.83. The molecule has 1 N–H and O–H groups in total. The zero-order valence-electron chi connectivity index (χ0n) is 5.26. The van der Waals surface area contributed by atoms with E-state index in [-0.39, 0.29) is 0 Å². The van der Waals surface area contributed by atoms with Crippen LogP contribution in [0.3, 0.4) is 0 Å². The van der Waals surface area contributed by atoms with Crippen molar-refractivity contribution in [3.63, 3.8) is 0 Å². The maximum absolute atomic E-state index is 3.83.